The van der Waals surface area contributed by atoms with Crippen LogP contribution in [0.4, 0.5) is 5.69 Å². The van der Waals surface area contributed by atoms with Crippen LogP contribution in [0.1, 0.15) is 31.8 Å². The fraction of sp³-hybridized carbons (Fsp3) is 0.267. The summed E-state index contributed by atoms with van der Waals surface area (Å²) in [5.74, 6) is -0.249. The van der Waals surface area contributed by atoms with Crippen molar-refractivity contribution >= 4 is 52.6 Å². The van der Waals surface area contributed by atoms with Crippen molar-refractivity contribution < 1.29 is 23.8 Å². The molecule has 218 valence electrons. The van der Waals surface area contributed by atoms with E-state index in [2.05, 4.69) is 15.2 Å². The molecule has 12 heteroatoms. The molecule has 0 radical (unpaired) electrons. The highest BCUT2D eigenvalue weighted by Crippen LogP contribution is 2.38. The highest BCUT2D eigenvalue weighted by Gasteiger charge is 2.29. The molecule has 42 heavy (non-hydrogen) atoms. The number of ether oxygens (including phenoxy) is 3. The Hall–Kier alpha value is -4.12. The number of rotatable bonds is 7. The standard InChI is InChI=1S/C30H29Cl2N5O5/c1-34-15-21(14-33)20-11-23(31)26(24(32)12-20)29(38)37-16-19-5-6-35-27(28(19)42-17-37)18-3-4-22(30(39)40-2)25(13-18)36-7-9-41-10-8-36/h3-6,11-15,33-34H,7-10,16-17H2,1-2H3/b21-15+,33-14?. The number of nitrogens with one attached hydrogen (secondary N) is 2. The maximum Gasteiger partial charge on any atom is 0.339 e. The van der Waals surface area contributed by atoms with Crippen LogP contribution in [0.15, 0.2) is 48.8 Å². The smallest absolute Gasteiger partial charge is 0.339 e. The lowest BCUT2D eigenvalue weighted by Crippen LogP contribution is -2.38. The van der Waals surface area contributed by atoms with Crippen molar-refractivity contribution in [3.05, 3.63) is 81.1 Å². The quantitative estimate of drug-likeness (QED) is 0.287. The van der Waals surface area contributed by atoms with E-state index < -0.39 is 5.97 Å². The predicted octanol–water partition coefficient (Wildman–Crippen LogP) is 4.88. The number of halogens is 2. The summed E-state index contributed by atoms with van der Waals surface area (Å²) in [6.45, 7) is 2.61. The van der Waals surface area contributed by atoms with Gasteiger partial charge in [-0.1, -0.05) is 29.3 Å². The largest absolute Gasteiger partial charge is 0.470 e. The van der Waals surface area contributed by atoms with E-state index in [4.69, 9.17) is 42.8 Å². The molecule has 0 unspecified atom stereocenters. The number of hydrogen-bond acceptors (Lipinski definition) is 9. The monoisotopic (exact) mass is 609 g/mol. The summed E-state index contributed by atoms with van der Waals surface area (Å²) >= 11 is 13.1. The molecule has 1 aromatic heterocycles. The minimum atomic E-state index is -0.422. The summed E-state index contributed by atoms with van der Waals surface area (Å²) in [7, 11) is 3.08. The van der Waals surface area contributed by atoms with E-state index >= 15 is 0 Å². The number of amides is 1. The first-order valence-electron chi connectivity index (χ1n) is 13.2. The molecule has 2 aliphatic rings. The molecule has 0 aliphatic carbocycles. The number of methoxy groups -OCH3 is 1. The first kappa shape index (κ1) is 29.4. The molecule has 3 heterocycles. The van der Waals surface area contributed by atoms with Crippen LogP contribution in [-0.2, 0) is 16.0 Å². The van der Waals surface area contributed by atoms with Gasteiger partial charge in [0.15, 0.2) is 12.5 Å². The average Bonchev–Trinajstić information content (AvgIpc) is 3.02. The van der Waals surface area contributed by atoms with Crippen LogP contribution in [0.5, 0.6) is 5.75 Å². The fourth-order valence-electron chi connectivity index (χ4n) is 5.00. The van der Waals surface area contributed by atoms with Crippen LogP contribution in [0.25, 0.3) is 16.8 Å². The zero-order chi connectivity index (χ0) is 29.8. The van der Waals surface area contributed by atoms with Gasteiger partial charge in [-0.2, -0.15) is 0 Å². The van der Waals surface area contributed by atoms with E-state index in [0.717, 1.165) is 16.8 Å². The molecule has 1 amide bonds. The molecule has 5 rings (SSSR count). The number of hydrogen-bond donors (Lipinski definition) is 2. The third kappa shape index (κ3) is 5.78. The molecule has 2 N–H and O–H groups in total. The number of nitrogens with zero attached hydrogens (tertiary/aromatic N) is 3. The molecule has 3 aromatic rings. The van der Waals surface area contributed by atoms with E-state index in [1.165, 1.54) is 18.2 Å². The Kier molecular flexibility index (Phi) is 8.96. The Labute approximate surface area is 253 Å². The number of carbonyl (C=O) groups is 2. The lowest BCUT2D eigenvalue weighted by Gasteiger charge is -2.31. The van der Waals surface area contributed by atoms with E-state index in [9.17, 15) is 9.59 Å². The van der Waals surface area contributed by atoms with Gasteiger partial charge in [0.25, 0.3) is 5.91 Å². The molecule has 2 aromatic carbocycles. The number of morpholine rings is 1. The summed E-state index contributed by atoms with van der Waals surface area (Å²) in [6.07, 6.45) is 4.48. The highest BCUT2D eigenvalue weighted by atomic mass is 35.5. The maximum atomic E-state index is 13.6. The van der Waals surface area contributed by atoms with Gasteiger partial charge >= 0.3 is 5.97 Å². The summed E-state index contributed by atoms with van der Waals surface area (Å²) in [6, 6.07) is 10.5. The predicted molar refractivity (Wildman–Crippen MR) is 162 cm³/mol. The summed E-state index contributed by atoms with van der Waals surface area (Å²) in [5, 5.41) is 10.9. The summed E-state index contributed by atoms with van der Waals surface area (Å²) in [4.78, 5) is 34.3. The molecule has 1 saturated heterocycles. The van der Waals surface area contributed by atoms with Crippen molar-refractivity contribution in [1.29, 1.82) is 5.41 Å². The number of fused-ring (bicyclic) bond motifs is 1. The van der Waals surface area contributed by atoms with Gasteiger partial charge in [0, 0.05) is 55.4 Å². The van der Waals surface area contributed by atoms with Gasteiger partial charge < -0.3 is 34.7 Å². The van der Waals surface area contributed by atoms with Crippen LogP contribution < -0.4 is 15.0 Å². The molecule has 0 spiro atoms. The minimum Gasteiger partial charge on any atom is -0.470 e. The van der Waals surface area contributed by atoms with Crippen molar-refractivity contribution in [3.63, 3.8) is 0 Å². The average molecular weight is 610 g/mol. The molecule has 0 atom stereocenters. The molecule has 1 fully saturated rings. The molecule has 2 aliphatic heterocycles. The second-order valence-corrected chi connectivity index (χ2v) is 10.4. The maximum absolute atomic E-state index is 13.6. The summed E-state index contributed by atoms with van der Waals surface area (Å²) < 4.78 is 16.6. The van der Waals surface area contributed by atoms with E-state index in [0.29, 0.717) is 54.4 Å². The number of aromatic nitrogens is 1. The van der Waals surface area contributed by atoms with Gasteiger partial charge in [0.05, 0.1) is 53.7 Å². The number of pyridine rings is 1. The molecule has 10 nitrogen and oxygen atoms in total. The first-order valence-corrected chi connectivity index (χ1v) is 13.9. The van der Waals surface area contributed by atoms with Crippen molar-refractivity contribution in [1.82, 2.24) is 15.2 Å². The molecule has 0 saturated carbocycles. The fourth-order valence-corrected chi connectivity index (χ4v) is 5.65. The Morgan fingerprint density at radius 1 is 1.12 bits per heavy atom. The van der Waals surface area contributed by atoms with Gasteiger partial charge in [-0.25, -0.2) is 4.79 Å². The van der Waals surface area contributed by atoms with Crippen molar-refractivity contribution in [2.24, 2.45) is 0 Å². The van der Waals surface area contributed by atoms with E-state index in [1.807, 2.05) is 12.1 Å². The SMILES string of the molecule is CN/C=C(\C=N)c1cc(Cl)c(C(=O)N2COc3c(ccnc3-c3ccc(C(=O)OC)c(N4CCOCC4)c3)C2)c(Cl)c1. The summed E-state index contributed by atoms with van der Waals surface area (Å²) in [5.41, 5.74) is 4.64. The highest BCUT2D eigenvalue weighted by molar-refractivity contribution is 6.40. The lowest BCUT2D eigenvalue weighted by atomic mass is 10.0. The Bertz CT molecular complexity index is 1550. The van der Waals surface area contributed by atoms with Crippen LogP contribution >= 0.6 is 23.2 Å². The van der Waals surface area contributed by atoms with Crippen LogP contribution in [0.2, 0.25) is 10.0 Å². The normalized spacial score (nSPS) is 15.0. The van der Waals surface area contributed by atoms with Gasteiger partial charge in [-0.05, 0) is 35.9 Å². The number of carbonyl (C=O) groups excluding carboxylic acids is 2. The van der Waals surface area contributed by atoms with Gasteiger partial charge in [0.2, 0.25) is 0 Å². The van der Waals surface area contributed by atoms with Crippen molar-refractivity contribution in [2.75, 3.05) is 52.1 Å². The zero-order valence-corrected chi connectivity index (χ0v) is 24.6. The second kappa shape index (κ2) is 12.8. The number of esters is 1. The lowest BCUT2D eigenvalue weighted by molar-refractivity contribution is 0.0514. The van der Waals surface area contributed by atoms with Gasteiger partial charge in [0.1, 0.15) is 5.69 Å². The van der Waals surface area contributed by atoms with Crippen LogP contribution in [-0.4, -0.2) is 75.2 Å². The molecule has 0 bridgehead atoms. The van der Waals surface area contributed by atoms with Crippen molar-refractivity contribution in [2.45, 2.75) is 6.54 Å². The molecular formula is C30H29Cl2N5O5. The Morgan fingerprint density at radius 3 is 2.52 bits per heavy atom. The Morgan fingerprint density at radius 2 is 1.86 bits per heavy atom. The van der Waals surface area contributed by atoms with Gasteiger partial charge in [-0.15, -0.1) is 0 Å². The van der Waals surface area contributed by atoms with Crippen molar-refractivity contribution in [3.8, 4) is 17.0 Å². The first-order chi connectivity index (χ1) is 20.4. The van der Waals surface area contributed by atoms with Crippen LogP contribution in [0.3, 0.4) is 0 Å². The third-order valence-electron chi connectivity index (χ3n) is 7.07. The third-order valence-corrected chi connectivity index (χ3v) is 7.67. The minimum absolute atomic E-state index is 0.0408. The van der Waals surface area contributed by atoms with E-state index in [-0.39, 0.29) is 34.8 Å². The van der Waals surface area contributed by atoms with E-state index in [1.54, 1.807) is 43.7 Å². The van der Waals surface area contributed by atoms with Crippen LogP contribution in [0, 0.1) is 5.41 Å². The second-order valence-electron chi connectivity index (χ2n) is 9.59. The Balaban J connectivity index is 1.44. The number of allylic oxidation sites excluding steroid dienone is 1. The number of anilines is 1. The topological polar surface area (TPSA) is 117 Å². The zero-order valence-electron chi connectivity index (χ0n) is 23.1. The number of benzene rings is 2. The molecular weight excluding hydrogens is 581 g/mol. The van der Waals surface area contributed by atoms with Gasteiger partial charge in [-0.3, -0.25) is 9.78 Å².